The lowest BCUT2D eigenvalue weighted by atomic mass is 9.93. The topological polar surface area (TPSA) is 59.2 Å². The van der Waals surface area contributed by atoms with Gasteiger partial charge in [-0.25, -0.2) is 0 Å². The number of carbonyl (C=O) groups is 1. The second-order valence-corrected chi connectivity index (χ2v) is 7.98. The van der Waals surface area contributed by atoms with Crippen LogP contribution in [0.2, 0.25) is 0 Å². The minimum atomic E-state index is 0.0379. The molecule has 0 spiro atoms. The Bertz CT molecular complexity index is 989. The van der Waals surface area contributed by atoms with Crippen LogP contribution in [0.25, 0.3) is 11.4 Å². The van der Waals surface area contributed by atoms with E-state index in [1.807, 2.05) is 67.3 Å². The summed E-state index contributed by atoms with van der Waals surface area (Å²) in [4.78, 5) is 19.9. The zero-order valence-electron chi connectivity index (χ0n) is 17.1. The van der Waals surface area contributed by atoms with Crippen LogP contribution in [0.3, 0.4) is 0 Å². The molecule has 1 saturated carbocycles. The van der Waals surface area contributed by atoms with Gasteiger partial charge in [0.1, 0.15) is 6.54 Å². The lowest BCUT2D eigenvalue weighted by Crippen LogP contribution is -2.41. The molecular formula is C24H27N3O2. The van der Waals surface area contributed by atoms with E-state index in [-0.39, 0.29) is 11.9 Å². The van der Waals surface area contributed by atoms with E-state index in [0.717, 1.165) is 42.4 Å². The molecule has 1 amide bonds. The molecule has 3 aromatic rings. The van der Waals surface area contributed by atoms with Crippen LogP contribution in [0.1, 0.15) is 59.5 Å². The number of hydrogen-bond donors (Lipinski definition) is 0. The summed E-state index contributed by atoms with van der Waals surface area (Å²) in [6, 6.07) is 16.0. The molecule has 29 heavy (non-hydrogen) atoms. The Balaban J connectivity index is 1.59. The van der Waals surface area contributed by atoms with Crippen molar-refractivity contribution in [1.82, 2.24) is 15.0 Å². The number of hydrogen-bond acceptors (Lipinski definition) is 4. The van der Waals surface area contributed by atoms with Gasteiger partial charge in [0, 0.05) is 17.2 Å². The maximum Gasteiger partial charge on any atom is 0.254 e. The van der Waals surface area contributed by atoms with Crippen molar-refractivity contribution in [2.45, 2.75) is 58.5 Å². The zero-order valence-corrected chi connectivity index (χ0v) is 17.1. The Morgan fingerprint density at radius 1 is 1.03 bits per heavy atom. The molecule has 5 heteroatoms. The fourth-order valence-corrected chi connectivity index (χ4v) is 4.07. The zero-order chi connectivity index (χ0) is 20.2. The first-order valence-electron chi connectivity index (χ1n) is 10.4. The Morgan fingerprint density at radius 2 is 1.76 bits per heavy atom. The minimum Gasteiger partial charge on any atom is -0.337 e. The molecule has 0 N–H and O–H groups in total. The number of carbonyl (C=O) groups excluding carboxylic acids is 1. The van der Waals surface area contributed by atoms with Crippen molar-refractivity contribution in [2.75, 3.05) is 0 Å². The van der Waals surface area contributed by atoms with Gasteiger partial charge in [-0.15, -0.1) is 0 Å². The van der Waals surface area contributed by atoms with Crippen molar-refractivity contribution < 1.29 is 9.32 Å². The van der Waals surface area contributed by atoms with Crippen LogP contribution in [0, 0.1) is 13.8 Å². The fourth-order valence-electron chi connectivity index (χ4n) is 4.07. The highest BCUT2D eigenvalue weighted by atomic mass is 16.5. The van der Waals surface area contributed by atoms with Crippen LogP contribution in [0.15, 0.2) is 53.1 Å². The predicted molar refractivity (Wildman–Crippen MR) is 112 cm³/mol. The van der Waals surface area contributed by atoms with Gasteiger partial charge in [0.25, 0.3) is 5.91 Å². The van der Waals surface area contributed by atoms with E-state index in [4.69, 9.17) is 4.52 Å². The van der Waals surface area contributed by atoms with Crippen molar-refractivity contribution in [1.29, 1.82) is 0 Å². The molecule has 4 rings (SSSR count). The third-order valence-corrected chi connectivity index (χ3v) is 5.59. The molecule has 0 aliphatic heterocycles. The quantitative estimate of drug-likeness (QED) is 0.592. The van der Waals surface area contributed by atoms with E-state index in [9.17, 15) is 4.79 Å². The number of benzene rings is 2. The molecular weight excluding hydrogens is 362 g/mol. The van der Waals surface area contributed by atoms with Crippen LogP contribution >= 0.6 is 0 Å². The number of rotatable bonds is 5. The standard InChI is InChI=1S/C24H27N3O2/c1-17-8-6-10-19(14-17)23-25-22(29-26-23)16-27(21-12-4-3-5-13-21)24(28)20-11-7-9-18(2)15-20/h6-11,14-15,21H,3-5,12-13,16H2,1-2H3. The lowest BCUT2D eigenvalue weighted by Gasteiger charge is -2.33. The number of nitrogens with zero attached hydrogens (tertiary/aromatic N) is 3. The predicted octanol–water partition coefficient (Wildman–Crippen LogP) is 5.33. The molecule has 1 aliphatic carbocycles. The van der Waals surface area contributed by atoms with Gasteiger partial charge in [0.15, 0.2) is 0 Å². The van der Waals surface area contributed by atoms with Crippen molar-refractivity contribution in [3.05, 3.63) is 71.1 Å². The van der Waals surface area contributed by atoms with Gasteiger partial charge in [-0.05, 0) is 44.9 Å². The van der Waals surface area contributed by atoms with Crippen LogP contribution < -0.4 is 0 Å². The molecule has 1 fully saturated rings. The number of aromatic nitrogens is 2. The third kappa shape index (κ3) is 4.56. The average Bonchev–Trinajstić information content (AvgIpc) is 3.21. The first-order valence-corrected chi connectivity index (χ1v) is 10.4. The summed E-state index contributed by atoms with van der Waals surface area (Å²) in [5.74, 6) is 1.08. The molecule has 1 aliphatic rings. The molecule has 0 saturated heterocycles. The Labute approximate surface area is 171 Å². The van der Waals surface area contributed by atoms with Crippen molar-refractivity contribution in [3.8, 4) is 11.4 Å². The Kier molecular flexibility index (Phi) is 5.74. The van der Waals surface area contributed by atoms with E-state index < -0.39 is 0 Å². The molecule has 2 aromatic carbocycles. The second-order valence-electron chi connectivity index (χ2n) is 7.98. The Hall–Kier alpha value is -2.95. The van der Waals surface area contributed by atoms with E-state index in [2.05, 4.69) is 10.1 Å². The maximum absolute atomic E-state index is 13.4. The highest BCUT2D eigenvalue weighted by molar-refractivity contribution is 5.94. The van der Waals surface area contributed by atoms with Gasteiger partial charge in [0.05, 0.1) is 0 Å². The van der Waals surface area contributed by atoms with E-state index in [0.29, 0.717) is 23.8 Å². The van der Waals surface area contributed by atoms with Gasteiger partial charge >= 0.3 is 0 Å². The summed E-state index contributed by atoms with van der Waals surface area (Å²) < 4.78 is 5.54. The summed E-state index contributed by atoms with van der Waals surface area (Å²) in [6.45, 7) is 4.39. The molecule has 5 nitrogen and oxygen atoms in total. The summed E-state index contributed by atoms with van der Waals surface area (Å²) >= 11 is 0. The SMILES string of the molecule is Cc1cccc(C(=O)N(Cc2nc(-c3cccc(C)c3)no2)C2CCCCC2)c1. The summed E-state index contributed by atoms with van der Waals surface area (Å²) in [6.07, 6.45) is 5.59. The third-order valence-electron chi connectivity index (χ3n) is 5.59. The summed E-state index contributed by atoms with van der Waals surface area (Å²) in [7, 11) is 0. The van der Waals surface area contributed by atoms with Gasteiger partial charge in [-0.1, -0.05) is 65.9 Å². The monoisotopic (exact) mass is 389 g/mol. The molecule has 0 bridgehead atoms. The minimum absolute atomic E-state index is 0.0379. The molecule has 0 radical (unpaired) electrons. The van der Waals surface area contributed by atoms with Gasteiger partial charge < -0.3 is 9.42 Å². The van der Waals surface area contributed by atoms with Crippen LogP contribution in [-0.2, 0) is 6.54 Å². The highest BCUT2D eigenvalue weighted by Gasteiger charge is 2.28. The largest absolute Gasteiger partial charge is 0.337 e. The van der Waals surface area contributed by atoms with Crippen LogP contribution in [0.5, 0.6) is 0 Å². The first-order chi connectivity index (χ1) is 14.1. The van der Waals surface area contributed by atoms with Gasteiger partial charge in [-0.2, -0.15) is 4.98 Å². The van der Waals surface area contributed by atoms with E-state index in [1.165, 1.54) is 6.42 Å². The van der Waals surface area contributed by atoms with E-state index in [1.54, 1.807) is 0 Å². The lowest BCUT2D eigenvalue weighted by molar-refractivity contribution is 0.0586. The highest BCUT2D eigenvalue weighted by Crippen LogP contribution is 2.26. The second kappa shape index (κ2) is 8.60. The normalized spacial score (nSPS) is 14.7. The van der Waals surface area contributed by atoms with Crippen LogP contribution in [-0.4, -0.2) is 27.0 Å². The molecule has 0 atom stereocenters. The maximum atomic E-state index is 13.4. The van der Waals surface area contributed by atoms with Gasteiger partial charge in [-0.3, -0.25) is 4.79 Å². The van der Waals surface area contributed by atoms with Crippen molar-refractivity contribution >= 4 is 5.91 Å². The van der Waals surface area contributed by atoms with Crippen LogP contribution in [0.4, 0.5) is 0 Å². The fraction of sp³-hybridized carbons (Fsp3) is 0.375. The molecule has 150 valence electrons. The van der Waals surface area contributed by atoms with E-state index >= 15 is 0 Å². The van der Waals surface area contributed by atoms with Gasteiger partial charge in [0.2, 0.25) is 11.7 Å². The molecule has 1 heterocycles. The average molecular weight is 389 g/mol. The number of aryl methyl sites for hydroxylation is 2. The summed E-state index contributed by atoms with van der Waals surface area (Å²) in [5.41, 5.74) is 3.87. The molecule has 1 aromatic heterocycles. The smallest absolute Gasteiger partial charge is 0.254 e. The van der Waals surface area contributed by atoms with Crippen molar-refractivity contribution in [3.63, 3.8) is 0 Å². The number of amides is 1. The summed E-state index contributed by atoms with van der Waals surface area (Å²) in [5, 5.41) is 4.15. The Morgan fingerprint density at radius 3 is 2.48 bits per heavy atom. The van der Waals surface area contributed by atoms with Crippen molar-refractivity contribution in [2.24, 2.45) is 0 Å². The first kappa shape index (κ1) is 19.4. The molecule has 0 unspecified atom stereocenters.